The predicted octanol–water partition coefficient (Wildman–Crippen LogP) is 8.10. The Labute approximate surface area is 285 Å². The molecule has 0 fully saturated rings. The number of benzene rings is 7. The number of aromatic nitrogens is 2. The fraction of sp³-hybridized carbons (Fsp3) is 0. The van der Waals surface area contributed by atoms with E-state index in [1.54, 1.807) is 0 Å². The van der Waals surface area contributed by atoms with E-state index < -0.39 is 0 Å². The summed E-state index contributed by atoms with van der Waals surface area (Å²) in [6.07, 6.45) is 0. The van der Waals surface area contributed by atoms with Gasteiger partial charge in [0.15, 0.2) is 0 Å². The van der Waals surface area contributed by atoms with E-state index in [4.69, 9.17) is 0 Å². The lowest BCUT2D eigenvalue weighted by Gasteiger charge is -2.39. The number of hydrogen-bond donors (Lipinski definition) is 0. The third kappa shape index (κ3) is 2.76. The smallest absolute Gasteiger partial charge is 0.331 e. The molecule has 6 heterocycles. The van der Waals surface area contributed by atoms with Gasteiger partial charge in [0.1, 0.15) is 0 Å². The Morgan fingerprint density at radius 1 is 0.396 bits per heavy atom. The van der Waals surface area contributed by atoms with Crippen molar-refractivity contribution in [3.05, 3.63) is 133 Å². The molecule has 2 aromatic heterocycles. The Bertz CT molecular complexity index is 2990. The lowest BCUT2D eigenvalue weighted by Crippen LogP contribution is -2.58. The van der Waals surface area contributed by atoms with Crippen LogP contribution in [0.25, 0.3) is 65.9 Å². The molecule has 0 amide bonds. The van der Waals surface area contributed by atoms with Gasteiger partial charge < -0.3 is 8.96 Å². The molecule has 0 spiro atoms. The van der Waals surface area contributed by atoms with Gasteiger partial charge in [-0.15, -0.1) is 0 Å². The summed E-state index contributed by atoms with van der Waals surface area (Å²) in [7, 11) is 0. The van der Waals surface area contributed by atoms with E-state index in [2.05, 4.69) is 142 Å². The first kappa shape index (κ1) is 25.0. The molecule has 2 nitrogen and oxygen atoms in total. The molecule has 218 valence electrons. The molecule has 4 aliphatic heterocycles. The first-order valence-electron chi connectivity index (χ1n) is 16.7. The van der Waals surface area contributed by atoms with E-state index in [9.17, 15) is 0 Å². The summed E-state index contributed by atoms with van der Waals surface area (Å²) in [5.74, 6) is 0. The topological polar surface area (TPSA) is 9.86 Å². The Balaban J connectivity index is 1.22. The second-order valence-corrected chi connectivity index (χ2v) is 15.6. The van der Waals surface area contributed by atoms with Gasteiger partial charge in [-0.2, -0.15) is 0 Å². The molecule has 4 aliphatic rings. The second-order valence-electron chi connectivity index (χ2n) is 13.5. The van der Waals surface area contributed by atoms with Crippen LogP contribution in [-0.4, -0.2) is 22.7 Å². The predicted molar refractivity (Wildman–Crippen MR) is 205 cm³/mol. The summed E-state index contributed by atoms with van der Waals surface area (Å²) < 4.78 is 5.35. The number of hydrogen-bond acceptors (Lipinski definition) is 2. The van der Waals surface area contributed by atoms with E-state index in [0.29, 0.717) is 0 Å². The van der Waals surface area contributed by atoms with Crippen molar-refractivity contribution >= 4 is 103 Å². The molecular weight excluding hydrogens is 618 g/mol. The fourth-order valence-corrected chi connectivity index (χ4v) is 12.3. The zero-order chi connectivity index (χ0) is 30.8. The molecule has 9 aromatic rings. The van der Waals surface area contributed by atoms with Gasteiger partial charge in [-0.05, 0) is 57.2 Å². The van der Waals surface area contributed by atoms with Crippen LogP contribution in [0.4, 0.5) is 0 Å². The average Bonchev–Trinajstić information content (AvgIpc) is 3.66. The van der Waals surface area contributed by atoms with Crippen LogP contribution in [0.3, 0.4) is 0 Å². The van der Waals surface area contributed by atoms with Gasteiger partial charge in [0.25, 0.3) is 0 Å². The van der Waals surface area contributed by atoms with E-state index in [1.165, 1.54) is 107 Å². The van der Waals surface area contributed by atoms with Crippen molar-refractivity contribution in [1.29, 1.82) is 0 Å². The SMILES string of the molecule is c1ccc2c(c1)Sc1c3c(cc4c1B2n1c2ccccc2c2cccc-4c21)B1c2c(cccc2-c2cccc4c5ccccc5n1c24)S3. The number of fused-ring (bicyclic) bond motifs is 15. The highest BCUT2D eigenvalue weighted by Crippen LogP contribution is 2.49. The summed E-state index contributed by atoms with van der Waals surface area (Å²) in [5, 5.41) is 5.35. The van der Waals surface area contributed by atoms with Gasteiger partial charge in [-0.1, -0.05) is 133 Å². The molecule has 7 aromatic carbocycles. The van der Waals surface area contributed by atoms with Crippen LogP contribution >= 0.6 is 23.5 Å². The van der Waals surface area contributed by atoms with Gasteiger partial charge in [0, 0.05) is 74.3 Å². The maximum Gasteiger partial charge on any atom is 0.331 e. The highest BCUT2D eigenvalue weighted by atomic mass is 32.2. The van der Waals surface area contributed by atoms with Crippen LogP contribution in [0.5, 0.6) is 0 Å². The number of rotatable bonds is 0. The van der Waals surface area contributed by atoms with Crippen molar-refractivity contribution in [2.75, 3.05) is 0 Å². The molecule has 0 saturated carbocycles. The van der Waals surface area contributed by atoms with Gasteiger partial charge in [0.2, 0.25) is 0 Å². The molecule has 13 rings (SSSR count). The summed E-state index contributed by atoms with van der Waals surface area (Å²) >= 11 is 3.98. The minimum absolute atomic E-state index is 0.0921. The lowest BCUT2D eigenvalue weighted by atomic mass is 9.44. The van der Waals surface area contributed by atoms with E-state index in [0.717, 1.165) is 0 Å². The van der Waals surface area contributed by atoms with Crippen LogP contribution in [-0.2, 0) is 0 Å². The molecule has 0 aliphatic carbocycles. The van der Waals surface area contributed by atoms with Crippen molar-refractivity contribution < 1.29 is 0 Å². The highest BCUT2D eigenvalue weighted by molar-refractivity contribution is 8.03. The van der Waals surface area contributed by atoms with Crippen LogP contribution in [0.15, 0.2) is 153 Å². The summed E-state index contributed by atoms with van der Waals surface area (Å²) in [6.45, 7) is 0.212. The van der Waals surface area contributed by atoms with Crippen LogP contribution < -0.4 is 21.9 Å². The Kier molecular flexibility index (Phi) is 4.44. The van der Waals surface area contributed by atoms with Crippen molar-refractivity contribution in [1.82, 2.24) is 8.96 Å². The van der Waals surface area contributed by atoms with Crippen LogP contribution in [0.2, 0.25) is 0 Å². The molecule has 48 heavy (non-hydrogen) atoms. The van der Waals surface area contributed by atoms with Gasteiger partial charge >= 0.3 is 13.7 Å². The van der Waals surface area contributed by atoms with E-state index in [1.807, 2.05) is 23.5 Å². The summed E-state index contributed by atoms with van der Waals surface area (Å²) in [4.78, 5) is 5.59. The van der Waals surface area contributed by atoms with Gasteiger partial charge in [0.05, 0.1) is 0 Å². The van der Waals surface area contributed by atoms with Gasteiger partial charge in [-0.25, -0.2) is 0 Å². The first-order chi connectivity index (χ1) is 23.8. The molecule has 0 unspecified atom stereocenters. The van der Waals surface area contributed by atoms with Crippen molar-refractivity contribution in [3.63, 3.8) is 0 Å². The summed E-state index contributed by atoms with van der Waals surface area (Å²) in [6, 6.07) is 50.6. The third-order valence-electron chi connectivity index (χ3n) is 11.4. The van der Waals surface area contributed by atoms with E-state index >= 15 is 0 Å². The Morgan fingerprint density at radius 3 is 1.69 bits per heavy atom. The normalized spacial score (nSPS) is 14.4. The minimum atomic E-state index is 0.0921. The molecular formula is C42H22B2N2S2. The van der Waals surface area contributed by atoms with Crippen molar-refractivity contribution in [3.8, 4) is 22.3 Å². The largest absolute Gasteiger partial charge is 0.375 e. The second kappa shape index (κ2) is 8.51. The Morgan fingerprint density at radius 2 is 0.938 bits per heavy atom. The third-order valence-corrected chi connectivity index (χ3v) is 14.0. The average molecular weight is 640 g/mol. The standard InChI is InChI=1S/C42H22B2N2S2/c1-4-18-33-24(11-1)27-14-8-16-29-30-22-32-41(42-38(30)43(45(33)40(27)29)31-17-3-6-20-35(31)47-42)48-36-21-9-12-25-28-15-7-13-26-23-10-2-5-19-34(23)46(39(26)28)44(32)37(25)36/h1-22H. The maximum absolute atomic E-state index is 2.68. The quantitative estimate of drug-likeness (QED) is 0.155. The molecule has 0 N–H and O–H groups in total. The molecule has 0 atom stereocenters. The molecule has 0 saturated heterocycles. The zero-order valence-electron chi connectivity index (χ0n) is 25.6. The monoisotopic (exact) mass is 640 g/mol. The lowest BCUT2D eigenvalue weighted by molar-refractivity contribution is 1.21. The first-order valence-corrected chi connectivity index (χ1v) is 18.3. The molecule has 0 bridgehead atoms. The fourth-order valence-electron chi connectivity index (χ4n) is 9.67. The van der Waals surface area contributed by atoms with Crippen LogP contribution in [0, 0.1) is 0 Å². The Hall–Kier alpha value is -5.03. The minimum Gasteiger partial charge on any atom is -0.375 e. The zero-order valence-corrected chi connectivity index (χ0v) is 27.2. The molecule has 0 radical (unpaired) electrons. The van der Waals surface area contributed by atoms with E-state index in [-0.39, 0.29) is 13.7 Å². The summed E-state index contributed by atoms with van der Waals surface area (Å²) in [5.41, 5.74) is 16.5. The van der Waals surface area contributed by atoms with Gasteiger partial charge in [-0.3, -0.25) is 0 Å². The van der Waals surface area contributed by atoms with Crippen LogP contribution in [0.1, 0.15) is 0 Å². The maximum atomic E-state index is 2.68. The molecule has 6 heteroatoms. The number of para-hydroxylation sites is 4. The highest BCUT2D eigenvalue weighted by Gasteiger charge is 2.46. The van der Waals surface area contributed by atoms with Crippen molar-refractivity contribution in [2.45, 2.75) is 19.6 Å². The van der Waals surface area contributed by atoms with Crippen molar-refractivity contribution in [2.24, 2.45) is 0 Å². The number of nitrogens with zero attached hydrogens (tertiary/aromatic N) is 2.